The lowest BCUT2D eigenvalue weighted by Crippen LogP contribution is -1.98. The van der Waals surface area contributed by atoms with Crippen LogP contribution in [0.2, 0.25) is 5.02 Å². The van der Waals surface area contributed by atoms with Crippen LogP contribution in [0, 0.1) is 6.92 Å². The van der Waals surface area contributed by atoms with Gasteiger partial charge in [0.25, 0.3) is 0 Å². The van der Waals surface area contributed by atoms with Crippen LogP contribution in [0.1, 0.15) is 21.7 Å². The Balaban J connectivity index is 2.54. The van der Waals surface area contributed by atoms with Crippen molar-refractivity contribution in [2.45, 2.75) is 11.8 Å². The maximum Gasteiger partial charge on any atom is 0.137 e. The Hall–Kier alpha value is -0.450. The summed E-state index contributed by atoms with van der Waals surface area (Å²) in [6, 6.07) is 5.63. The van der Waals surface area contributed by atoms with Crippen LogP contribution in [-0.4, -0.2) is 7.11 Å². The number of benzene rings is 1. The molecule has 1 atom stereocenters. The number of hydrogen-bond donors (Lipinski definition) is 0. The van der Waals surface area contributed by atoms with E-state index in [9.17, 15) is 0 Å². The molecule has 1 heterocycles. The topological polar surface area (TPSA) is 22.4 Å². The summed E-state index contributed by atoms with van der Waals surface area (Å²) in [6.45, 7) is 1.93. The first-order chi connectivity index (χ1) is 8.54. The molecule has 0 fully saturated rings. The molecule has 0 bridgehead atoms. The van der Waals surface area contributed by atoms with Crippen LogP contribution in [-0.2, 0) is 0 Å². The monoisotopic (exact) mass is 392 g/mol. The Morgan fingerprint density at radius 2 is 2.06 bits per heavy atom. The van der Waals surface area contributed by atoms with Crippen molar-refractivity contribution < 1.29 is 9.15 Å². The highest BCUT2D eigenvalue weighted by molar-refractivity contribution is 9.10. The van der Waals surface area contributed by atoms with Gasteiger partial charge in [-0.15, -0.1) is 0 Å². The lowest BCUT2D eigenvalue weighted by molar-refractivity contribution is 0.407. The van der Waals surface area contributed by atoms with Crippen LogP contribution in [0.4, 0.5) is 0 Å². The summed E-state index contributed by atoms with van der Waals surface area (Å²) in [6.07, 6.45) is 1.67. The molecule has 0 saturated carbocycles. The molecule has 1 unspecified atom stereocenters. The average molecular weight is 394 g/mol. The van der Waals surface area contributed by atoms with Crippen molar-refractivity contribution in [1.29, 1.82) is 0 Å². The Labute approximate surface area is 128 Å². The first-order valence-electron chi connectivity index (χ1n) is 5.25. The van der Waals surface area contributed by atoms with E-state index in [0.29, 0.717) is 5.02 Å². The van der Waals surface area contributed by atoms with Gasteiger partial charge in [0, 0.05) is 16.1 Å². The van der Waals surface area contributed by atoms with E-state index >= 15 is 0 Å². The molecule has 1 aromatic heterocycles. The van der Waals surface area contributed by atoms with Crippen LogP contribution in [0.5, 0.6) is 5.75 Å². The molecule has 0 aliphatic rings. The standard InChI is InChI=1S/C13H11Br2ClO2/c1-7-9(3-4-18-7)12(15)10-5-8(16)6-11(14)13(10)17-2/h3-6,12H,1-2H3. The smallest absolute Gasteiger partial charge is 0.137 e. The van der Waals surface area contributed by atoms with Crippen LogP contribution in [0.15, 0.2) is 33.4 Å². The zero-order valence-electron chi connectivity index (χ0n) is 9.84. The molecular weight excluding hydrogens is 383 g/mol. The van der Waals surface area contributed by atoms with Crippen LogP contribution < -0.4 is 4.74 Å². The summed E-state index contributed by atoms with van der Waals surface area (Å²) in [5, 5.41) is 0.656. The van der Waals surface area contributed by atoms with Crippen molar-refractivity contribution in [3.05, 3.63) is 50.8 Å². The third-order valence-electron chi connectivity index (χ3n) is 2.69. The van der Waals surface area contributed by atoms with Crippen LogP contribution in [0.25, 0.3) is 0 Å². The van der Waals surface area contributed by atoms with E-state index in [-0.39, 0.29) is 4.83 Å². The van der Waals surface area contributed by atoms with E-state index in [1.54, 1.807) is 13.4 Å². The molecule has 96 valence electrons. The zero-order chi connectivity index (χ0) is 13.3. The lowest BCUT2D eigenvalue weighted by Gasteiger charge is -2.16. The fourth-order valence-electron chi connectivity index (χ4n) is 1.81. The zero-order valence-corrected chi connectivity index (χ0v) is 13.8. The van der Waals surface area contributed by atoms with Gasteiger partial charge in [0.15, 0.2) is 0 Å². The lowest BCUT2D eigenvalue weighted by atomic mass is 10.0. The predicted octanol–water partition coefficient (Wildman–Crippen LogP) is 5.50. The van der Waals surface area contributed by atoms with Crippen molar-refractivity contribution in [1.82, 2.24) is 0 Å². The SMILES string of the molecule is COc1c(Br)cc(Cl)cc1C(Br)c1ccoc1C. The highest BCUT2D eigenvalue weighted by Crippen LogP contribution is 2.43. The van der Waals surface area contributed by atoms with E-state index in [0.717, 1.165) is 27.1 Å². The summed E-state index contributed by atoms with van der Waals surface area (Å²) in [7, 11) is 1.64. The van der Waals surface area contributed by atoms with E-state index in [2.05, 4.69) is 31.9 Å². The molecular formula is C13H11Br2ClO2. The van der Waals surface area contributed by atoms with E-state index < -0.39 is 0 Å². The number of aryl methyl sites for hydroxylation is 1. The fraction of sp³-hybridized carbons (Fsp3) is 0.231. The van der Waals surface area contributed by atoms with Gasteiger partial charge >= 0.3 is 0 Å². The maximum absolute atomic E-state index is 6.09. The molecule has 18 heavy (non-hydrogen) atoms. The quantitative estimate of drug-likeness (QED) is 0.642. The molecule has 2 aromatic rings. The van der Waals surface area contributed by atoms with Gasteiger partial charge in [-0.1, -0.05) is 27.5 Å². The number of rotatable bonds is 3. The summed E-state index contributed by atoms with van der Waals surface area (Å²) in [5.41, 5.74) is 2.02. The van der Waals surface area contributed by atoms with Gasteiger partial charge in [0.1, 0.15) is 11.5 Å². The van der Waals surface area contributed by atoms with Gasteiger partial charge in [-0.2, -0.15) is 0 Å². The molecule has 1 aromatic carbocycles. The molecule has 0 saturated heterocycles. The average Bonchev–Trinajstić information content (AvgIpc) is 2.73. The summed E-state index contributed by atoms with van der Waals surface area (Å²) >= 11 is 13.2. The molecule has 2 nitrogen and oxygen atoms in total. The van der Waals surface area contributed by atoms with Gasteiger partial charge in [-0.25, -0.2) is 0 Å². The van der Waals surface area contributed by atoms with E-state index in [1.807, 2.05) is 25.1 Å². The second-order valence-electron chi connectivity index (χ2n) is 3.80. The molecule has 0 aliphatic carbocycles. The minimum atomic E-state index is -0.0267. The Morgan fingerprint density at radius 3 is 2.61 bits per heavy atom. The highest BCUT2D eigenvalue weighted by atomic mass is 79.9. The van der Waals surface area contributed by atoms with Crippen LogP contribution >= 0.6 is 43.5 Å². The summed E-state index contributed by atoms with van der Waals surface area (Å²) in [4.78, 5) is -0.0267. The normalized spacial score (nSPS) is 12.5. The van der Waals surface area contributed by atoms with Crippen molar-refractivity contribution in [3.8, 4) is 5.75 Å². The third kappa shape index (κ3) is 2.60. The largest absolute Gasteiger partial charge is 0.495 e. The third-order valence-corrected chi connectivity index (χ3v) is 4.48. The summed E-state index contributed by atoms with van der Waals surface area (Å²) < 4.78 is 11.6. The van der Waals surface area contributed by atoms with Gasteiger partial charge in [-0.3, -0.25) is 0 Å². The fourth-order valence-corrected chi connectivity index (χ4v) is 3.62. The number of ether oxygens (including phenoxy) is 1. The second kappa shape index (κ2) is 5.68. The van der Waals surface area contributed by atoms with Crippen molar-refractivity contribution in [3.63, 3.8) is 0 Å². The van der Waals surface area contributed by atoms with Crippen LogP contribution in [0.3, 0.4) is 0 Å². The van der Waals surface area contributed by atoms with E-state index in [1.165, 1.54) is 0 Å². The van der Waals surface area contributed by atoms with Gasteiger partial charge in [0.2, 0.25) is 0 Å². The molecule has 0 radical (unpaired) electrons. The minimum Gasteiger partial charge on any atom is -0.495 e. The number of alkyl halides is 1. The predicted molar refractivity (Wildman–Crippen MR) is 79.9 cm³/mol. The molecule has 0 N–H and O–H groups in total. The first-order valence-corrected chi connectivity index (χ1v) is 7.34. The number of hydrogen-bond acceptors (Lipinski definition) is 2. The Morgan fingerprint density at radius 1 is 1.33 bits per heavy atom. The number of furan rings is 1. The molecule has 0 amide bonds. The molecule has 5 heteroatoms. The van der Waals surface area contributed by atoms with Crippen molar-refractivity contribution in [2.75, 3.05) is 7.11 Å². The Bertz CT molecular complexity index is 566. The minimum absolute atomic E-state index is 0.0267. The number of halogens is 3. The van der Waals surface area contributed by atoms with Gasteiger partial charge in [0.05, 0.1) is 22.7 Å². The maximum atomic E-state index is 6.09. The Kier molecular flexibility index (Phi) is 4.41. The van der Waals surface area contributed by atoms with E-state index in [4.69, 9.17) is 20.8 Å². The molecule has 0 aliphatic heterocycles. The first kappa shape index (κ1) is 14.0. The molecule has 2 rings (SSSR count). The van der Waals surface area contributed by atoms with Crippen molar-refractivity contribution in [2.24, 2.45) is 0 Å². The molecule has 0 spiro atoms. The number of methoxy groups -OCH3 is 1. The van der Waals surface area contributed by atoms with Gasteiger partial charge in [-0.05, 0) is 41.1 Å². The van der Waals surface area contributed by atoms with Crippen molar-refractivity contribution >= 4 is 43.5 Å². The second-order valence-corrected chi connectivity index (χ2v) is 6.01. The highest BCUT2D eigenvalue weighted by Gasteiger charge is 2.21. The van der Waals surface area contributed by atoms with Gasteiger partial charge < -0.3 is 9.15 Å². The summed E-state index contributed by atoms with van der Waals surface area (Å²) in [5.74, 6) is 1.64.